The van der Waals surface area contributed by atoms with Crippen molar-refractivity contribution in [2.24, 2.45) is 0 Å². The number of carbonyl (C=O) groups is 2. The Kier molecular flexibility index (Phi) is 9.03. The van der Waals surface area contributed by atoms with Crippen LogP contribution in [0.25, 0.3) is 0 Å². The highest BCUT2D eigenvalue weighted by Crippen LogP contribution is 2.17. The van der Waals surface area contributed by atoms with Crippen molar-refractivity contribution in [3.63, 3.8) is 0 Å². The van der Waals surface area contributed by atoms with E-state index in [9.17, 15) is 14.0 Å². The number of hydrogen-bond donors (Lipinski definition) is 1. The molecule has 0 unspecified atom stereocenters. The zero-order chi connectivity index (χ0) is 23.6. The quantitative estimate of drug-likeness (QED) is 0.415. The largest absolute Gasteiger partial charge is 0.467 e. The molecule has 0 atom stereocenters. The zero-order valence-electron chi connectivity index (χ0n) is 18.2. The van der Waals surface area contributed by atoms with Gasteiger partial charge >= 0.3 is 6.03 Å². The molecule has 3 amide bonds. The first kappa shape index (κ1) is 24.5. The number of nitrogens with one attached hydrogen (secondary N) is 1. The van der Waals surface area contributed by atoms with Crippen molar-refractivity contribution in [1.29, 1.82) is 0 Å². The maximum Gasteiger partial charge on any atom is 0.322 e. The van der Waals surface area contributed by atoms with Crippen LogP contribution in [0.5, 0.6) is 0 Å². The molecule has 174 valence electrons. The van der Waals surface area contributed by atoms with E-state index in [1.807, 2.05) is 6.07 Å². The standard InChI is InChI=1S/C24H25BrFN3O4/c1-32-13-11-28(24(31)27-21-5-2-4-19(25)14-21)17-23(30)29(16-22-6-3-12-33-22)15-18-7-9-20(26)10-8-18/h2-10,12,14H,11,13,15-17H2,1H3,(H,27,31). The van der Waals surface area contributed by atoms with Gasteiger partial charge in [-0.15, -0.1) is 0 Å². The fourth-order valence-electron chi connectivity index (χ4n) is 3.12. The lowest BCUT2D eigenvalue weighted by Crippen LogP contribution is -2.45. The molecule has 1 aromatic heterocycles. The van der Waals surface area contributed by atoms with Crippen LogP contribution in [-0.2, 0) is 22.6 Å². The van der Waals surface area contributed by atoms with E-state index < -0.39 is 6.03 Å². The summed E-state index contributed by atoms with van der Waals surface area (Å²) in [5.41, 5.74) is 1.36. The van der Waals surface area contributed by atoms with Gasteiger partial charge in [-0.25, -0.2) is 9.18 Å². The molecule has 0 aliphatic heterocycles. The molecule has 33 heavy (non-hydrogen) atoms. The van der Waals surface area contributed by atoms with Crippen molar-refractivity contribution in [3.05, 3.63) is 88.5 Å². The summed E-state index contributed by atoms with van der Waals surface area (Å²) in [5, 5.41) is 2.81. The van der Waals surface area contributed by atoms with E-state index in [2.05, 4.69) is 21.2 Å². The van der Waals surface area contributed by atoms with E-state index in [0.29, 0.717) is 11.4 Å². The average Bonchev–Trinajstić information content (AvgIpc) is 3.30. The predicted molar refractivity (Wildman–Crippen MR) is 126 cm³/mol. The number of carbonyl (C=O) groups excluding carboxylic acids is 2. The zero-order valence-corrected chi connectivity index (χ0v) is 19.8. The Labute approximate surface area is 200 Å². The molecule has 0 aliphatic rings. The van der Waals surface area contributed by atoms with Crippen LogP contribution in [-0.4, -0.2) is 48.5 Å². The van der Waals surface area contributed by atoms with Crippen LogP contribution in [0, 0.1) is 5.82 Å². The molecular formula is C24H25BrFN3O4. The van der Waals surface area contributed by atoms with Crippen LogP contribution in [0.4, 0.5) is 14.9 Å². The third kappa shape index (κ3) is 7.73. The molecule has 7 nitrogen and oxygen atoms in total. The number of urea groups is 1. The predicted octanol–water partition coefficient (Wildman–Crippen LogP) is 4.89. The third-order valence-corrected chi connectivity index (χ3v) is 5.31. The number of hydrogen-bond acceptors (Lipinski definition) is 4. The summed E-state index contributed by atoms with van der Waals surface area (Å²) in [6.07, 6.45) is 1.53. The third-order valence-electron chi connectivity index (χ3n) is 4.82. The van der Waals surface area contributed by atoms with Crippen molar-refractivity contribution in [1.82, 2.24) is 9.80 Å². The van der Waals surface area contributed by atoms with E-state index >= 15 is 0 Å². The fraction of sp³-hybridized carbons (Fsp3) is 0.250. The monoisotopic (exact) mass is 517 g/mol. The minimum Gasteiger partial charge on any atom is -0.467 e. The second kappa shape index (κ2) is 12.2. The average molecular weight is 518 g/mol. The molecule has 3 rings (SSSR count). The van der Waals surface area contributed by atoms with Gasteiger partial charge in [0.1, 0.15) is 18.1 Å². The molecule has 0 saturated heterocycles. The molecule has 2 aromatic carbocycles. The van der Waals surface area contributed by atoms with E-state index in [0.717, 1.165) is 10.0 Å². The number of amides is 3. The van der Waals surface area contributed by atoms with E-state index in [-0.39, 0.29) is 44.5 Å². The number of halogens is 2. The van der Waals surface area contributed by atoms with Crippen molar-refractivity contribution in [2.75, 3.05) is 32.1 Å². The minimum absolute atomic E-state index is 0.162. The summed E-state index contributed by atoms with van der Waals surface area (Å²) < 4.78 is 24.7. The molecule has 9 heteroatoms. The minimum atomic E-state index is -0.418. The van der Waals surface area contributed by atoms with Crippen LogP contribution in [0.3, 0.4) is 0 Å². The van der Waals surface area contributed by atoms with Gasteiger partial charge in [-0.1, -0.05) is 34.1 Å². The van der Waals surface area contributed by atoms with E-state index in [1.165, 1.54) is 30.4 Å². The summed E-state index contributed by atoms with van der Waals surface area (Å²) >= 11 is 3.38. The number of benzene rings is 2. The maximum absolute atomic E-state index is 13.3. The Balaban J connectivity index is 1.74. The van der Waals surface area contributed by atoms with Crippen molar-refractivity contribution in [3.8, 4) is 0 Å². The second-order valence-corrected chi connectivity index (χ2v) is 8.23. The Morgan fingerprint density at radius 3 is 2.52 bits per heavy atom. The lowest BCUT2D eigenvalue weighted by atomic mass is 10.2. The van der Waals surface area contributed by atoms with E-state index in [1.54, 1.807) is 47.4 Å². The summed E-state index contributed by atoms with van der Waals surface area (Å²) in [6, 6.07) is 16.2. The summed E-state index contributed by atoms with van der Waals surface area (Å²) in [5.74, 6) is -0.0265. The number of ether oxygens (including phenoxy) is 1. The van der Waals surface area contributed by atoms with Gasteiger partial charge in [0.25, 0.3) is 0 Å². The van der Waals surface area contributed by atoms with Gasteiger partial charge in [0.2, 0.25) is 5.91 Å². The van der Waals surface area contributed by atoms with Gasteiger partial charge in [0.05, 0.1) is 19.4 Å². The highest BCUT2D eigenvalue weighted by molar-refractivity contribution is 9.10. The maximum atomic E-state index is 13.3. The number of anilines is 1. The Morgan fingerprint density at radius 2 is 1.85 bits per heavy atom. The Morgan fingerprint density at radius 1 is 1.06 bits per heavy atom. The first-order chi connectivity index (χ1) is 15.9. The van der Waals surface area contributed by atoms with Gasteiger partial charge in [-0.3, -0.25) is 4.79 Å². The second-order valence-electron chi connectivity index (χ2n) is 7.31. The molecule has 1 N–H and O–H groups in total. The van der Waals surface area contributed by atoms with E-state index in [4.69, 9.17) is 9.15 Å². The molecular weight excluding hydrogens is 493 g/mol. The molecule has 1 heterocycles. The van der Waals surface area contributed by atoms with Gasteiger partial charge in [-0.05, 0) is 48.0 Å². The van der Waals surface area contributed by atoms with Crippen LogP contribution in [0.2, 0.25) is 0 Å². The molecule has 0 bridgehead atoms. The molecule has 0 spiro atoms. The summed E-state index contributed by atoms with van der Waals surface area (Å²) in [7, 11) is 1.53. The van der Waals surface area contributed by atoms with Gasteiger partial charge in [0.15, 0.2) is 0 Å². The Bertz CT molecular complexity index is 1040. The summed E-state index contributed by atoms with van der Waals surface area (Å²) in [4.78, 5) is 29.1. The van der Waals surface area contributed by atoms with Crippen molar-refractivity contribution < 1.29 is 23.1 Å². The van der Waals surface area contributed by atoms with Crippen LogP contribution >= 0.6 is 15.9 Å². The van der Waals surface area contributed by atoms with Gasteiger partial charge in [0, 0.05) is 30.4 Å². The lowest BCUT2D eigenvalue weighted by molar-refractivity contribution is -0.133. The number of rotatable bonds is 10. The molecule has 0 fully saturated rings. The normalized spacial score (nSPS) is 10.6. The molecule has 0 radical (unpaired) electrons. The smallest absolute Gasteiger partial charge is 0.322 e. The SMILES string of the molecule is COCCN(CC(=O)N(Cc1ccc(F)cc1)Cc1ccco1)C(=O)Nc1cccc(Br)c1. The number of nitrogens with zero attached hydrogens (tertiary/aromatic N) is 2. The first-order valence-electron chi connectivity index (χ1n) is 10.3. The summed E-state index contributed by atoms with van der Waals surface area (Å²) in [6.45, 7) is 0.799. The van der Waals surface area contributed by atoms with Crippen LogP contribution in [0.15, 0.2) is 75.8 Å². The number of furan rings is 1. The van der Waals surface area contributed by atoms with Crippen molar-refractivity contribution >= 4 is 33.6 Å². The fourth-order valence-corrected chi connectivity index (χ4v) is 3.52. The first-order valence-corrected chi connectivity index (χ1v) is 11.1. The molecule has 0 saturated carbocycles. The van der Waals surface area contributed by atoms with Gasteiger partial charge in [-0.2, -0.15) is 0 Å². The molecule has 3 aromatic rings. The lowest BCUT2D eigenvalue weighted by Gasteiger charge is -2.27. The Hall–Kier alpha value is -3.17. The van der Waals surface area contributed by atoms with Crippen LogP contribution in [0.1, 0.15) is 11.3 Å². The highest BCUT2D eigenvalue weighted by Gasteiger charge is 2.22. The molecule has 0 aliphatic carbocycles. The van der Waals surface area contributed by atoms with Crippen LogP contribution < -0.4 is 5.32 Å². The van der Waals surface area contributed by atoms with Gasteiger partial charge < -0.3 is 24.3 Å². The highest BCUT2D eigenvalue weighted by atomic mass is 79.9. The van der Waals surface area contributed by atoms with Crippen molar-refractivity contribution in [2.45, 2.75) is 13.1 Å². The number of methoxy groups -OCH3 is 1. The topological polar surface area (TPSA) is 75.0 Å².